The molecule has 1 unspecified atom stereocenters. The molecule has 1 N–H and O–H groups in total. The summed E-state index contributed by atoms with van der Waals surface area (Å²) in [5.41, 5.74) is 2.13. The molecule has 3 aromatic rings. The highest BCUT2D eigenvalue weighted by Gasteiger charge is 2.17. The van der Waals surface area contributed by atoms with Crippen molar-refractivity contribution in [2.45, 2.75) is 19.4 Å². The first kappa shape index (κ1) is 16.4. The Morgan fingerprint density at radius 2 is 2.24 bits per heavy atom. The minimum atomic E-state index is -0.193. The summed E-state index contributed by atoms with van der Waals surface area (Å²) in [7, 11) is 0. The maximum absolute atomic E-state index is 12.4. The van der Waals surface area contributed by atoms with Crippen molar-refractivity contribution in [1.82, 2.24) is 9.97 Å². The second-order valence-electron chi connectivity index (χ2n) is 5.86. The molecule has 1 aliphatic heterocycles. The summed E-state index contributed by atoms with van der Waals surface area (Å²) in [5.74, 6) is 2.52. The van der Waals surface area contributed by atoms with Crippen molar-refractivity contribution < 1.29 is 9.53 Å². The first-order chi connectivity index (χ1) is 12.2. The summed E-state index contributed by atoms with van der Waals surface area (Å²) in [6, 6.07) is 9.25. The third-order valence-corrected chi connectivity index (χ3v) is 6.01. The number of pyridine rings is 1. The molecule has 0 saturated carbocycles. The lowest BCUT2D eigenvalue weighted by molar-refractivity contribution is 0.102. The van der Waals surface area contributed by atoms with Crippen LogP contribution in [0.2, 0.25) is 0 Å². The van der Waals surface area contributed by atoms with Crippen molar-refractivity contribution in [3.8, 4) is 5.88 Å². The Kier molecular flexibility index (Phi) is 4.59. The van der Waals surface area contributed by atoms with Crippen molar-refractivity contribution in [1.29, 1.82) is 0 Å². The highest BCUT2D eigenvalue weighted by molar-refractivity contribution is 7.99. The largest absolute Gasteiger partial charge is 0.473 e. The molecular formula is C18H17N3O2S2. The Balaban J connectivity index is 1.44. The zero-order valence-electron chi connectivity index (χ0n) is 13.7. The highest BCUT2D eigenvalue weighted by Crippen LogP contribution is 2.25. The Morgan fingerprint density at radius 1 is 1.32 bits per heavy atom. The lowest BCUT2D eigenvalue weighted by Crippen LogP contribution is -2.16. The van der Waals surface area contributed by atoms with Crippen LogP contribution < -0.4 is 10.1 Å². The van der Waals surface area contributed by atoms with Crippen LogP contribution in [0.4, 0.5) is 5.69 Å². The van der Waals surface area contributed by atoms with E-state index in [9.17, 15) is 4.79 Å². The number of benzene rings is 1. The van der Waals surface area contributed by atoms with Gasteiger partial charge in [-0.25, -0.2) is 9.97 Å². The summed E-state index contributed by atoms with van der Waals surface area (Å²) < 4.78 is 6.92. The third kappa shape index (κ3) is 3.77. The van der Waals surface area contributed by atoms with Gasteiger partial charge in [-0.2, -0.15) is 11.8 Å². The minimum absolute atomic E-state index is 0.193. The van der Waals surface area contributed by atoms with Gasteiger partial charge in [-0.15, -0.1) is 11.3 Å². The van der Waals surface area contributed by atoms with E-state index >= 15 is 0 Å². The first-order valence-corrected chi connectivity index (χ1v) is 10.0. The number of amides is 1. The van der Waals surface area contributed by atoms with Crippen LogP contribution in [-0.4, -0.2) is 33.5 Å². The number of carbonyl (C=O) groups is 1. The summed E-state index contributed by atoms with van der Waals surface area (Å²) in [6.45, 7) is 1.97. The third-order valence-electron chi connectivity index (χ3n) is 3.93. The van der Waals surface area contributed by atoms with Gasteiger partial charge in [0.2, 0.25) is 5.88 Å². The monoisotopic (exact) mass is 371 g/mol. The number of aromatic nitrogens is 2. The molecule has 1 fully saturated rings. The SMILES string of the molecule is Cc1nc2cc(NC(=O)c3ccc(OC4CCSC4)nc3)ccc2s1. The number of fused-ring (bicyclic) bond motifs is 1. The van der Waals surface area contributed by atoms with Gasteiger partial charge in [-0.3, -0.25) is 4.79 Å². The zero-order valence-corrected chi connectivity index (χ0v) is 15.3. The lowest BCUT2D eigenvalue weighted by Gasteiger charge is -2.11. The molecule has 1 aromatic carbocycles. The molecule has 128 valence electrons. The summed E-state index contributed by atoms with van der Waals surface area (Å²) in [6.07, 6.45) is 2.83. The first-order valence-electron chi connectivity index (χ1n) is 8.06. The molecule has 1 saturated heterocycles. The quantitative estimate of drug-likeness (QED) is 0.747. The average molecular weight is 371 g/mol. The average Bonchev–Trinajstić information content (AvgIpc) is 3.23. The Bertz CT molecular complexity index is 902. The van der Waals surface area contributed by atoms with Crippen molar-refractivity contribution in [2.75, 3.05) is 16.8 Å². The molecule has 1 amide bonds. The lowest BCUT2D eigenvalue weighted by atomic mass is 10.2. The van der Waals surface area contributed by atoms with Crippen LogP contribution in [0.3, 0.4) is 0 Å². The predicted molar refractivity (Wildman–Crippen MR) is 103 cm³/mol. The van der Waals surface area contributed by atoms with Crippen LogP contribution in [0.15, 0.2) is 36.5 Å². The zero-order chi connectivity index (χ0) is 17.2. The van der Waals surface area contributed by atoms with Crippen molar-refractivity contribution in [3.63, 3.8) is 0 Å². The van der Waals surface area contributed by atoms with E-state index in [0.717, 1.165) is 38.8 Å². The standard InChI is InChI=1S/C18H17N3O2S2/c1-11-20-15-8-13(3-4-16(15)25-11)21-18(22)12-2-5-17(19-9-12)23-14-6-7-24-10-14/h2-5,8-9,14H,6-7,10H2,1H3,(H,21,22). The van der Waals surface area contributed by atoms with Gasteiger partial charge in [0, 0.05) is 23.7 Å². The number of thiazole rings is 1. The number of aryl methyl sites for hydroxylation is 1. The Morgan fingerprint density at radius 3 is 3.00 bits per heavy atom. The van der Waals surface area contributed by atoms with Gasteiger partial charge < -0.3 is 10.1 Å². The van der Waals surface area contributed by atoms with E-state index in [0.29, 0.717) is 11.4 Å². The summed E-state index contributed by atoms with van der Waals surface area (Å²) in [4.78, 5) is 21.1. The second kappa shape index (κ2) is 7.01. The van der Waals surface area contributed by atoms with Crippen molar-refractivity contribution in [2.24, 2.45) is 0 Å². The van der Waals surface area contributed by atoms with E-state index in [1.54, 1.807) is 29.7 Å². The number of carbonyl (C=O) groups excluding carboxylic acids is 1. The molecule has 0 radical (unpaired) electrons. The van der Waals surface area contributed by atoms with Crippen LogP contribution in [0, 0.1) is 6.92 Å². The maximum atomic E-state index is 12.4. The number of hydrogen-bond donors (Lipinski definition) is 1. The van der Waals surface area contributed by atoms with Crippen LogP contribution in [0.1, 0.15) is 21.8 Å². The Hall–Kier alpha value is -2.12. The topological polar surface area (TPSA) is 64.1 Å². The van der Waals surface area contributed by atoms with E-state index in [1.165, 1.54) is 0 Å². The molecule has 0 spiro atoms. The van der Waals surface area contributed by atoms with Gasteiger partial charge in [-0.1, -0.05) is 0 Å². The highest BCUT2D eigenvalue weighted by atomic mass is 32.2. The van der Waals surface area contributed by atoms with Gasteiger partial charge >= 0.3 is 0 Å². The van der Waals surface area contributed by atoms with E-state index in [2.05, 4.69) is 15.3 Å². The van der Waals surface area contributed by atoms with Gasteiger partial charge in [-0.05, 0) is 43.4 Å². The molecule has 25 heavy (non-hydrogen) atoms. The van der Waals surface area contributed by atoms with Crippen LogP contribution in [0.5, 0.6) is 5.88 Å². The fourth-order valence-corrected chi connectivity index (χ4v) is 4.59. The van der Waals surface area contributed by atoms with E-state index in [-0.39, 0.29) is 12.0 Å². The number of thioether (sulfide) groups is 1. The number of anilines is 1. The normalized spacial score (nSPS) is 16.9. The van der Waals surface area contributed by atoms with Crippen molar-refractivity contribution >= 4 is 44.9 Å². The molecular weight excluding hydrogens is 354 g/mol. The molecule has 0 bridgehead atoms. The Labute approximate surface area is 153 Å². The summed E-state index contributed by atoms with van der Waals surface area (Å²) >= 11 is 3.53. The molecule has 1 atom stereocenters. The number of ether oxygens (including phenoxy) is 1. The van der Waals surface area contributed by atoms with Crippen LogP contribution >= 0.6 is 23.1 Å². The maximum Gasteiger partial charge on any atom is 0.257 e. The van der Waals surface area contributed by atoms with E-state index < -0.39 is 0 Å². The van der Waals surface area contributed by atoms with E-state index in [1.807, 2.05) is 36.9 Å². The van der Waals surface area contributed by atoms with Gasteiger partial charge in [0.1, 0.15) is 6.10 Å². The van der Waals surface area contributed by atoms with Crippen LogP contribution in [0.25, 0.3) is 10.2 Å². The smallest absolute Gasteiger partial charge is 0.257 e. The number of nitrogens with one attached hydrogen (secondary N) is 1. The molecule has 3 heterocycles. The van der Waals surface area contributed by atoms with Crippen molar-refractivity contribution in [3.05, 3.63) is 47.1 Å². The van der Waals surface area contributed by atoms with Gasteiger partial charge in [0.25, 0.3) is 5.91 Å². The van der Waals surface area contributed by atoms with E-state index in [4.69, 9.17) is 4.74 Å². The predicted octanol–water partition coefficient (Wildman–Crippen LogP) is 4.14. The minimum Gasteiger partial charge on any atom is -0.473 e. The van der Waals surface area contributed by atoms with Crippen LogP contribution in [-0.2, 0) is 0 Å². The summed E-state index contributed by atoms with van der Waals surface area (Å²) in [5, 5.41) is 3.91. The molecule has 1 aliphatic rings. The molecule has 4 rings (SSSR count). The number of hydrogen-bond acceptors (Lipinski definition) is 6. The molecule has 5 nitrogen and oxygen atoms in total. The number of rotatable bonds is 4. The molecule has 0 aliphatic carbocycles. The van der Waals surface area contributed by atoms with Gasteiger partial charge in [0.05, 0.1) is 20.8 Å². The number of nitrogens with zero attached hydrogens (tertiary/aromatic N) is 2. The molecule has 7 heteroatoms. The molecule has 2 aromatic heterocycles. The van der Waals surface area contributed by atoms with Gasteiger partial charge in [0.15, 0.2) is 0 Å². The fourth-order valence-electron chi connectivity index (χ4n) is 2.68. The second-order valence-corrected chi connectivity index (χ2v) is 8.24. The fraction of sp³-hybridized carbons (Fsp3) is 0.278.